The summed E-state index contributed by atoms with van der Waals surface area (Å²) >= 11 is 0. The van der Waals surface area contributed by atoms with Crippen LogP contribution in [0.2, 0.25) is 0 Å². The summed E-state index contributed by atoms with van der Waals surface area (Å²) < 4.78 is 0. The Kier molecular flexibility index (Phi) is 188. The molecule has 0 bridgehead atoms. The molecule has 0 aliphatic rings. The molecule has 0 saturated heterocycles. The average molecular weight is 114 g/mol. The molecule has 0 N–H and O–H groups in total. The van der Waals surface area contributed by atoms with Gasteiger partial charge in [-0.3, -0.25) is 0 Å². The molecule has 0 nitrogen and oxygen atoms in total. The molecule has 4 heteroatoms. The van der Waals surface area contributed by atoms with Gasteiger partial charge in [0.05, 0.1) is 0 Å². The maximum absolute atomic E-state index is 0. The zero-order valence-corrected chi connectivity index (χ0v) is 8.64. The van der Waals surface area contributed by atoms with Gasteiger partial charge in [-0.25, -0.2) is 0 Å². The normalized spacial score (nSPS) is 0. The second kappa shape index (κ2) is 20.0. The first-order chi connectivity index (χ1) is 0. The van der Waals surface area contributed by atoms with E-state index in [4.69, 9.17) is 0 Å². The molecule has 0 aliphatic carbocycles. The molecule has 0 unspecified atom stereocenters. The zero-order chi connectivity index (χ0) is 0. The van der Waals surface area contributed by atoms with E-state index in [0.717, 1.165) is 0 Å². The Bertz CT molecular complexity index is 11.6. The van der Waals surface area contributed by atoms with E-state index in [1.807, 2.05) is 0 Å². The van der Waals surface area contributed by atoms with Gasteiger partial charge < -0.3 is 1.43 Å². The van der Waals surface area contributed by atoms with Crippen LogP contribution in [0, 0.1) is 0 Å². The van der Waals surface area contributed by atoms with Gasteiger partial charge in [0.15, 0.2) is 0 Å². The fourth-order valence-corrected chi connectivity index (χ4v) is 0. The zero-order valence-electron chi connectivity index (χ0n) is 4.08. The SMILES string of the molecule is [B].[H-].[Na+].[SiH3].[Ti]. The molecular weight excluding hydrogens is 110 g/mol. The summed E-state index contributed by atoms with van der Waals surface area (Å²) in [5.74, 6) is 0. The fourth-order valence-electron chi connectivity index (χ4n) is 0. The molecule has 0 amide bonds. The molecule has 0 aromatic rings. The van der Waals surface area contributed by atoms with Gasteiger partial charge in [0.25, 0.3) is 0 Å². The topological polar surface area (TPSA) is 0 Å². The van der Waals surface area contributed by atoms with Gasteiger partial charge in [-0.1, -0.05) is 0 Å². The average Bonchev–Trinajstić information content (AvgIpc) is 0. The molecule has 0 atom stereocenters. The van der Waals surface area contributed by atoms with Crippen molar-refractivity contribution in [3.05, 3.63) is 0 Å². The van der Waals surface area contributed by atoms with Gasteiger partial charge in [-0.15, -0.1) is 0 Å². The Balaban J connectivity index is 0. The van der Waals surface area contributed by atoms with Crippen LogP contribution in [0.3, 0.4) is 0 Å². The second-order valence-corrected chi connectivity index (χ2v) is 0. The predicted molar refractivity (Wildman–Crippen MR) is 16.8 cm³/mol. The minimum atomic E-state index is 0. The standard InChI is InChI=1S/B.Na.H3Si.Ti.H/h;;1H3;;/q;+1;;;-1. The van der Waals surface area contributed by atoms with E-state index in [0.29, 0.717) is 0 Å². The first kappa shape index (κ1) is 37.6. The van der Waals surface area contributed by atoms with Gasteiger partial charge in [-0.05, 0) is 11.0 Å². The fraction of sp³-hybridized carbons (Fsp3) is 0. The van der Waals surface area contributed by atoms with E-state index in [9.17, 15) is 0 Å². The van der Waals surface area contributed by atoms with Gasteiger partial charge in [0, 0.05) is 30.1 Å². The molecule has 4 heavy (non-hydrogen) atoms. The molecule has 0 aliphatic heterocycles. The van der Waals surface area contributed by atoms with E-state index in [2.05, 4.69) is 0 Å². The van der Waals surface area contributed by atoms with Crippen molar-refractivity contribution in [2.45, 2.75) is 0 Å². The molecule has 4 radical (unpaired) electrons. The summed E-state index contributed by atoms with van der Waals surface area (Å²) in [5.41, 5.74) is 0. The van der Waals surface area contributed by atoms with Crippen LogP contribution in [0.5, 0.6) is 0 Å². The van der Waals surface area contributed by atoms with Crippen LogP contribution in [-0.2, 0) is 21.7 Å². The Morgan fingerprint density at radius 2 is 1.25 bits per heavy atom. The number of hydrogen-bond donors (Lipinski definition) is 0. The molecular formula is H4BNaSiTi. The molecule has 0 saturated carbocycles. The van der Waals surface area contributed by atoms with Crippen molar-refractivity contribution in [1.29, 1.82) is 0 Å². The van der Waals surface area contributed by atoms with Crippen molar-refractivity contribution in [2.24, 2.45) is 0 Å². The van der Waals surface area contributed by atoms with Gasteiger partial charge in [-0.2, -0.15) is 0 Å². The maximum Gasteiger partial charge on any atom is 1.00 e. The van der Waals surface area contributed by atoms with Gasteiger partial charge in [0.1, 0.15) is 0 Å². The van der Waals surface area contributed by atoms with E-state index in [1.165, 1.54) is 0 Å². The third-order valence-electron chi connectivity index (χ3n) is 0. The third-order valence-corrected chi connectivity index (χ3v) is 0. The first-order valence-corrected chi connectivity index (χ1v) is 0. The Morgan fingerprint density at radius 1 is 1.25 bits per heavy atom. The van der Waals surface area contributed by atoms with Crippen molar-refractivity contribution < 1.29 is 52.7 Å². The Labute approximate surface area is 71.4 Å². The van der Waals surface area contributed by atoms with Crippen LogP contribution in [0.25, 0.3) is 0 Å². The van der Waals surface area contributed by atoms with Gasteiger partial charge >= 0.3 is 29.6 Å². The molecule has 0 spiro atoms. The van der Waals surface area contributed by atoms with E-state index >= 15 is 0 Å². The van der Waals surface area contributed by atoms with Gasteiger partial charge in [0.2, 0.25) is 0 Å². The summed E-state index contributed by atoms with van der Waals surface area (Å²) in [6.07, 6.45) is 0. The third kappa shape index (κ3) is 9.00. The summed E-state index contributed by atoms with van der Waals surface area (Å²) in [4.78, 5) is 0. The van der Waals surface area contributed by atoms with Crippen LogP contribution in [0.4, 0.5) is 0 Å². The number of hydrogen-bond acceptors (Lipinski definition) is 0. The smallest absolute Gasteiger partial charge is 1.00 e. The van der Waals surface area contributed by atoms with E-state index in [-0.39, 0.29) is 72.1 Å². The van der Waals surface area contributed by atoms with Crippen molar-refractivity contribution in [3.63, 3.8) is 0 Å². The second-order valence-electron chi connectivity index (χ2n) is 0. The quantitative estimate of drug-likeness (QED) is 0.278. The summed E-state index contributed by atoms with van der Waals surface area (Å²) in [5, 5.41) is 0. The molecule has 16 valence electrons. The van der Waals surface area contributed by atoms with Crippen molar-refractivity contribution in [3.8, 4) is 0 Å². The monoisotopic (exact) mass is 114 g/mol. The van der Waals surface area contributed by atoms with Crippen molar-refractivity contribution in [2.75, 3.05) is 0 Å². The van der Waals surface area contributed by atoms with Crippen LogP contribution < -0.4 is 29.6 Å². The molecule has 0 fully saturated rings. The van der Waals surface area contributed by atoms with Crippen LogP contribution in [-0.4, -0.2) is 19.4 Å². The molecule has 0 rings (SSSR count). The minimum absolute atomic E-state index is 0. The molecule has 0 aromatic carbocycles. The van der Waals surface area contributed by atoms with Crippen molar-refractivity contribution >= 4 is 19.4 Å². The Hall–Kier alpha value is 2.00. The summed E-state index contributed by atoms with van der Waals surface area (Å²) in [6, 6.07) is 0. The summed E-state index contributed by atoms with van der Waals surface area (Å²) in [6.45, 7) is 0. The molecule has 0 heterocycles. The van der Waals surface area contributed by atoms with E-state index in [1.54, 1.807) is 0 Å². The summed E-state index contributed by atoms with van der Waals surface area (Å²) in [7, 11) is 0. The maximum atomic E-state index is 0. The van der Waals surface area contributed by atoms with Crippen molar-refractivity contribution in [1.82, 2.24) is 0 Å². The first-order valence-electron chi connectivity index (χ1n) is 0. The van der Waals surface area contributed by atoms with Crippen LogP contribution in [0.15, 0.2) is 0 Å². The van der Waals surface area contributed by atoms with Crippen LogP contribution in [0.1, 0.15) is 1.43 Å². The minimum Gasteiger partial charge on any atom is -1.00 e. The predicted octanol–water partition coefficient (Wildman–Crippen LogP) is -4.45. The number of rotatable bonds is 0. The van der Waals surface area contributed by atoms with Crippen LogP contribution >= 0.6 is 0 Å². The molecule has 0 aromatic heterocycles. The largest absolute Gasteiger partial charge is 1.00 e. The van der Waals surface area contributed by atoms with E-state index < -0.39 is 0 Å². The Morgan fingerprint density at radius 3 is 1.25 bits per heavy atom.